The number of hydrogen-bond acceptors (Lipinski definition) is 5. The van der Waals surface area contributed by atoms with Gasteiger partial charge in [0.2, 0.25) is 0 Å². The maximum absolute atomic E-state index is 12.8. The van der Waals surface area contributed by atoms with Gasteiger partial charge in [-0.2, -0.15) is 4.99 Å². The van der Waals surface area contributed by atoms with E-state index in [2.05, 4.69) is 11.1 Å². The van der Waals surface area contributed by atoms with E-state index < -0.39 is 10.8 Å². The number of carbonyl (C=O) groups excluding carboxylic acids is 1. The first-order valence-electron chi connectivity index (χ1n) is 8.44. The Morgan fingerprint density at radius 1 is 1.32 bits per heavy atom. The van der Waals surface area contributed by atoms with Crippen LogP contribution in [0.4, 0.5) is 5.69 Å². The van der Waals surface area contributed by atoms with Gasteiger partial charge in [0.1, 0.15) is 5.56 Å². The molecule has 0 atom stereocenters. The molecular formula is C19H18ClN3O4S. The van der Waals surface area contributed by atoms with Crippen molar-refractivity contribution in [2.75, 3.05) is 13.7 Å². The van der Waals surface area contributed by atoms with Gasteiger partial charge in [0.05, 0.1) is 21.7 Å². The van der Waals surface area contributed by atoms with Gasteiger partial charge in [0.15, 0.2) is 4.80 Å². The van der Waals surface area contributed by atoms with Gasteiger partial charge in [-0.05, 0) is 43.2 Å². The highest BCUT2D eigenvalue weighted by Crippen LogP contribution is 2.25. The molecule has 0 saturated carbocycles. The summed E-state index contributed by atoms with van der Waals surface area (Å²) >= 11 is 7.30. The Morgan fingerprint density at radius 2 is 2.07 bits per heavy atom. The normalized spacial score (nSPS) is 11.9. The molecule has 0 unspecified atom stereocenters. The molecule has 1 aromatic heterocycles. The van der Waals surface area contributed by atoms with Crippen LogP contribution in [0.2, 0.25) is 5.02 Å². The van der Waals surface area contributed by atoms with Gasteiger partial charge in [-0.1, -0.05) is 29.0 Å². The number of benzene rings is 2. The lowest BCUT2D eigenvalue weighted by atomic mass is 10.1. The molecule has 2 aromatic carbocycles. The lowest BCUT2D eigenvalue weighted by Gasteiger charge is -2.06. The third-order valence-electron chi connectivity index (χ3n) is 4.22. The number of ether oxygens (including phenoxy) is 1. The predicted octanol–water partition coefficient (Wildman–Crippen LogP) is 4.27. The van der Waals surface area contributed by atoms with E-state index >= 15 is 0 Å². The first-order chi connectivity index (χ1) is 13.3. The molecule has 0 fully saturated rings. The molecular weight excluding hydrogens is 402 g/mol. The number of thiazole rings is 1. The van der Waals surface area contributed by atoms with Crippen LogP contribution in [0, 0.1) is 24.0 Å². The quantitative estimate of drug-likeness (QED) is 0.456. The Labute approximate surface area is 170 Å². The van der Waals surface area contributed by atoms with E-state index in [9.17, 15) is 14.9 Å². The zero-order chi connectivity index (χ0) is 20.4. The van der Waals surface area contributed by atoms with Crippen LogP contribution in [0.1, 0.15) is 21.5 Å². The van der Waals surface area contributed by atoms with Crippen LogP contribution in [-0.4, -0.2) is 29.1 Å². The highest BCUT2D eigenvalue weighted by Gasteiger charge is 2.21. The number of carbonyl (C=O) groups is 1. The van der Waals surface area contributed by atoms with Crippen molar-refractivity contribution in [2.24, 2.45) is 4.99 Å². The second-order valence-corrected chi connectivity index (χ2v) is 7.71. The number of aryl methyl sites for hydroxylation is 2. The maximum Gasteiger partial charge on any atom is 0.286 e. The van der Waals surface area contributed by atoms with Crippen molar-refractivity contribution >= 4 is 44.7 Å². The van der Waals surface area contributed by atoms with Crippen molar-refractivity contribution in [1.82, 2.24) is 4.57 Å². The molecule has 1 heterocycles. The van der Waals surface area contributed by atoms with Crippen molar-refractivity contribution in [3.05, 3.63) is 67.0 Å². The SMILES string of the molecule is COCCn1c(=NC(=O)c2cc(Cl)ccc2[N+](=O)[O-])sc2c(C)cc(C)cc21. The fourth-order valence-electron chi connectivity index (χ4n) is 2.98. The van der Waals surface area contributed by atoms with Crippen molar-refractivity contribution < 1.29 is 14.5 Å². The van der Waals surface area contributed by atoms with Gasteiger partial charge in [-0.25, -0.2) is 0 Å². The number of rotatable bonds is 5. The van der Waals surface area contributed by atoms with Gasteiger partial charge in [-0.15, -0.1) is 0 Å². The van der Waals surface area contributed by atoms with Gasteiger partial charge in [0.25, 0.3) is 11.6 Å². The number of halogens is 1. The Bertz CT molecular complexity index is 1150. The number of aromatic nitrogens is 1. The van der Waals surface area contributed by atoms with E-state index in [4.69, 9.17) is 16.3 Å². The molecule has 0 aliphatic rings. The zero-order valence-corrected chi connectivity index (χ0v) is 17.1. The van der Waals surface area contributed by atoms with Crippen LogP contribution in [0.5, 0.6) is 0 Å². The lowest BCUT2D eigenvalue weighted by Crippen LogP contribution is -2.19. The summed E-state index contributed by atoms with van der Waals surface area (Å²) < 4.78 is 8.09. The molecule has 0 aliphatic carbocycles. The van der Waals surface area contributed by atoms with E-state index in [1.54, 1.807) is 7.11 Å². The van der Waals surface area contributed by atoms with Crippen molar-refractivity contribution in [1.29, 1.82) is 0 Å². The minimum atomic E-state index is -0.707. The van der Waals surface area contributed by atoms with E-state index in [1.807, 2.05) is 24.5 Å². The minimum Gasteiger partial charge on any atom is -0.383 e. The number of amides is 1. The Kier molecular flexibility index (Phi) is 5.93. The molecule has 0 N–H and O–H groups in total. The van der Waals surface area contributed by atoms with Crippen LogP contribution < -0.4 is 4.80 Å². The van der Waals surface area contributed by atoms with E-state index in [0.717, 1.165) is 21.3 Å². The van der Waals surface area contributed by atoms with Crippen LogP contribution in [-0.2, 0) is 11.3 Å². The average molecular weight is 420 g/mol. The van der Waals surface area contributed by atoms with E-state index in [1.165, 1.54) is 29.5 Å². The Morgan fingerprint density at radius 3 is 2.75 bits per heavy atom. The summed E-state index contributed by atoms with van der Waals surface area (Å²) in [5.41, 5.74) is 2.66. The molecule has 146 valence electrons. The molecule has 0 bridgehead atoms. The van der Waals surface area contributed by atoms with Gasteiger partial charge in [-0.3, -0.25) is 14.9 Å². The van der Waals surface area contributed by atoms with Crippen LogP contribution in [0.15, 0.2) is 35.3 Å². The summed E-state index contributed by atoms with van der Waals surface area (Å²) in [6, 6.07) is 7.95. The predicted molar refractivity (Wildman–Crippen MR) is 109 cm³/mol. The molecule has 3 rings (SSSR count). The largest absolute Gasteiger partial charge is 0.383 e. The molecule has 0 radical (unpaired) electrons. The van der Waals surface area contributed by atoms with Gasteiger partial charge < -0.3 is 9.30 Å². The van der Waals surface area contributed by atoms with Crippen LogP contribution >= 0.6 is 22.9 Å². The Hall–Kier alpha value is -2.55. The first-order valence-corrected chi connectivity index (χ1v) is 9.63. The van der Waals surface area contributed by atoms with E-state index in [-0.39, 0.29) is 16.3 Å². The maximum atomic E-state index is 12.8. The third kappa shape index (κ3) is 3.99. The molecule has 0 aliphatic heterocycles. The standard InChI is InChI=1S/C19H18ClN3O4S/c1-11-8-12(2)17-16(9-11)22(6-7-27-3)19(28-17)21-18(24)14-10-13(20)4-5-15(14)23(25)26/h4-5,8-10H,6-7H2,1-3H3. The monoisotopic (exact) mass is 419 g/mol. The second kappa shape index (κ2) is 8.22. The topological polar surface area (TPSA) is 86.7 Å². The molecule has 7 nitrogen and oxygen atoms in total. The Balaban J connectivity index is 2.21. The summed E-state index contributed by atoms with van der Waals surface area (Å²) in [6.07, 6.45) is 0. The van der Waals surface area contributed by atoms with Gasteiger partial charge >= 0.3 is 0 Å². The highest BCUT2D eigenvalue weighted by molar-refractivity contribution is 7.16. The number of nitrogens with zero attached hydrogens (tertiary/aromatic N) is 3. The smallest absolute Gasteiger partial charge is 0.286 e. The van der Waals surface area contributed by atoms with E-state index in [0.29, 0.717) is 18.0 Å². The minimum absolute atomic E-state index is 0.138. The molecule has 9 heteroatoms. The molecule has 28 heavy (non-hydrogen) atoms. The fraction of sp³-hybridized carbons (Fsp3) is 0.263. The highest BCUT2D eigenvalue weighted by atomic mass is 35.5. The summed E-state index contributed by atoms with van der Waals surface area (Å²) in [7, 11) is 1.60. The molecule has 0 spiro atoms. The average Bonchev–Trinajstić information content (AvgIpc) is 2.97. The molecule has 1 amide bonds. The lowest BCUT2D eigenvalue weighted by molar-refractivity contribution is -0.385. The number of nitro groups is 1. The summed E-state index contributed by atoms with van der Waals surface area (Å²) in [6.45, 7) is 4.95. The second-order valence-electron chi connectivity index (χ2n) is 6.29. The van der Waals surface area contributed by atoms with Crippen LogP contribution in [0.3, 0.4) is 0 Å². The fourth-order valence-corrected chi connectivity index (χ4v) is 4.26. The summed E-state index contributed by atoms with van der Waals surface area (Å²) in [5, 5.41) is 11.5. The van der Waals surface area contributed by atoms with Crippen molar-refractivity contribution in [2.45, 2.75) is 20.4 Å². The van der Waals surface area contributed by atoms with Crippen molar-refractivity contribution in [3.8, 4) is 0 Å². The number of hydrogen-bond donors (Lipinski definition) is 0. The van der Waals surface area contributed by atoms with Gasteiger partial charge in [0, 0.05) is 24.7 Å². The number of fused-ring (bicyclic) bond motifs is 1. The van der Waals surface area contributed by atoms with Crippen LogP contribution in [0.25, 0.3) is 10.2 Å². The molecule has 0 saturated heterocycles. The zero-order valence-electron chi connectivity index (χ0n) is 15.6. The summed E-state index contributed by atoms with van der Waals surface area (Å²) in [4.78, 5) is 28.1. The summed E-state index contributed by atoms with van der Waals surface area (Å²) in [5.74, 6) is -0.707. The number of nitro benzene ring substituents is 1. The number of methoxy groups -OCH3 is 1. The van der Waals surface area contributed by atoms with Crippen molar-refractivity contribution in [3.63, 3.8) is 0 Å². The third-order valence-corrected chi connectivity index (χ3v) is 5.68. The molecule has 3 aromatic rings. The first kappa shape index (κ1) is 20.2.